The fourth-order valence-corrected chi connectivity index (χ4v) is 2.21. The van der Waals surface area contributed by atoms with Crippen molar-refractivity contribution in [1.82, 2.24) is 4.90 Å². The average molecular weight is 284 g/mol. The molecule has 2 nitrogen and oxygen atoms in total. The van der Waals surface area contributed by atoms with E-state index in [0.29, 0.717) is 12.1 Å². The molecule has 0 bridgehead atoms. The third kappa shape index (κ3) is 4.12. The van der Waals surface area contributed by atoms with E-state index in [-0.39, 0.29) is 11.6 Å². The zero-order valence-corrected chi connectivity index (χ0v) is 11.2. The van der Waals surface area contributed by atoms with Crippen LogP contribution < -0.4 is 0 Å². The van der Waals surface area contributed by atoms with Crippen LogP contribution >= 0.6 is 11.6 Å². The van der Waals surface area contributed by atoms with Crippen molar-refractivity contribution in [2.24, 2.45) is 0 Å². The van der Waals surface area contributed by atoms with E-state index >= 15 is 0 Å². The lowest BCUT2D eigenvalue weighted by Gasteiger charge is -2.31. The van der Waals surface area contributed by atoms with Crippen molar-refractivity contribution in [3.8, 4) is 0 Å². The Bertz CT molecular complexity index is 350. The Balaban J connectivity index is 2.75. The Morgan fingerprint density at radius 2 is 2.11 bits per heavy atom. The number of allylic oxidation sites excluding steroid dienone is 2. The molecule has 0 saturated heterocycles. The first-order valence-corrected chi connectivity index (χ1v) is 6.33. The van der Waals surface area contributed by atoms with Crippen LogP contribution in [0.2, 0.25) is 0 Å². The van der Waals surface area contributed by atoms with E-state index in [9.17, 15) is 13.2 Å². The zero-order chi connectivity index (χ0) is 13.8. The van der Waals surface area contributed by atoms with Crippen LogP contribution in [0.5, 0.6) is 0 Å². The molecule has 0 radical (unpaired) electrons. The molecule has 0 aromatic carbocycles. The number of hydrogen-bond acceptors (Lipinski definition) is 2. The topological polar surface area (TPSA) is 12.5 Å². The van der Waals surface area contributed by atoms with Crippen molar-refractivity contribution in [3.63, 3.8) is 0 Å². The van der Waals surface area contributed by atoms with Crippen molar-refractivity contribution in [3.05, 3.63) is 23.1 Å². The van der Waals surface area contributed by atoms with Crippen LogP contribution in [0.4, 0.5) is 13.2 Å². The van der Waals surface area contributed by atoms with Gasteiger partial charge < -0.3 is 9.64 Å². The van der Waals surface area contributed by atoms with Gasteiger partial charge in [0.2, 0.25) is 0 Å². The number of halogens is 4. The molecule has 0 aromatic heterocycles. The Labute approximate surface area is 110 Å². The van der Waals surface area contributed by atoms with Gasteiger partial charge in [0.25, 0.3) is 0 Å². The van der Waals surface area contributed by atoms with Crippen LogP contribution in [-0.4, -0.2) is 36.7 Å². The van der Waals surface area contributed by atoms with E-state index in [2.05, 4.69) is 4.90 Å². The van der Waals surface area contributed by atoms with E-state index in [1.807, 2.05) is 6.92 Å². The predicted molar refractivity (Wildman–Crippen MR) is 65.4 cm³/mol. The maximum atomic E-state index is 12.1. The molecule has 0 N–H and O–H groups in total. The lowest BCUT2D eigenvalue weighted by molar-refractivity contribution is -0.164. The van der Waals surface area contributed by atoms with Crippen molar-refractivity contribution in [2.75, 3.05) is 25.6 Å². The summed E-state index contributed by atoms with van der Waals surface area (Å²) in [6.07, 6.45) is -1.68. The van der Waals surface area contributed by atoms with Gasteiger partial charge in [0, 0.05) is 24.4 Å². The molecule has 0 amide bonds. The van der Waals surface area contributed by atoms with E-state index in [4.69, 9.17) is 16.3 Å². The van der Waals surface area contributed by atoms with Crippen molar-refractivity contribution >= 4 is 11.6 Å². The highest BCUT2D eigenvalue weighted by atomic mass is 35.5. The summed E-state index contributed by atoms with van der Waals surface area (Å²) >= 11 is 5.86. The van der Waals surface area contributed by atoms with Crippen molar-refractivity contribution < 1.29 is 17.9 Å². The molecular weight excluding hydrogens is 267 g/mol. The third-order valence-electron chi connectivity index (χ3n) is 2.69. The number of rotatable bonds is 5. The molecule has 18 heavy (non-hydrogen) atoms. The highest BCUT2D eigenvalue weighted by Gasteiger charge is 2.30. The van der Waals surface area contributed by atoms with Crippen LogP contribution in [0.25, 0.3) is 0 Å². The number of hydrogen-bond donors (Lipinski definition) is 0. The summed E-state index contributed by atoms with van der Waals surface area (Å²) in [5, 5.41) is 0. The second kappa shape index (κ2) is 6.36. The number of nitrogens with zero attached hydrogens (tertiary/aromatic N) is 1. The van der Waals surface area contributed by atoms with Crippen molar-refractivity contribution in [2.45, 2.75) is 26.4 Å². The largest absolute Gasteiger partial charge is 0.484 e. The van der Waals surface area contributed by atoms with E-state index in [1.54, 1.807) is 13.0 Å². The molecule has 104 valence electrons. The van der Waals surface area contributed by atoms with Crippen LogP contribution in [-0.2, 0) is 4.74 Å². The van der Waals surface area contributed by atoms with Gasteiger partial charge in [0.1, 0.15) is 5.76 Å². The quantitative estimate of drug-likeness (QED) is 0.714. The van der Waals surface area contributed by atoms with Crippen molar-refractivity contribution in [1.29, 1.82) is 0 Å². The maximum absolute atomic E-state index is 12.1. The minimum absolute atomic E-state index is 0.276. The second-order valence-electron chi connectivity index (χ2n) is 4.12. The molecular formula is C12H17ClF3NO. The average Bonchev–Trinajstić information content (AvgIpc) is 2.27. The van der Waals surface area contributed by atoms with Gasteiger partial charge in [-0.2, -0.15) is 13.2 Å². The van der Waals surface area contributed by atoms with Gasteiger partial charge in [-0.25, -0.2) is 0 Å². The lowest BCUT2D eigenvalue weighted by Crippen LogP contribution is -2.30. The molecule has 0 aliphatic carbocycles. The molecule has 0 spiro atoms. The Hall–Kier alpha value is -0.840. The lowest BCUT2D eigenvalue weighted by atomic mass is 10.1. The first-order valence-electron chi connectivity index (χ1n) is 5.79. The van der Waals surface area contributed by atoms with Gasteiger partial charge in [0.15, 0.2) is 6.61 Å². The molecule has 0 aromatic rings. The SMILES string of the molecule is CCCN1CC=C(OCC(F)(F)F)C(C)=C1CCl. The smallest absolute Gasteiger partial charge is 0.422 e. The summed E-state index contributed by atoms with van der Waals surface area (Å²) in [5.74, 6) is 0.564. The Morgan fingerprint density at radius 1 is 1.44 bits per heavy atom. The van der Waals surface area contributed by atoms with Gasteiger partial charge in [0.05, 0.1) is 5.88 Å². The summed E-state index contributed by atoms with van der Waals surface area (Å²) < 4.78 is 41.1. The van der Waals surface area contributed by atoms with E-state index in [1.165, 1.54) is 0 Å². The molecule has 1 rings (SSSR count). The molecule has 0 saturated carbocycles. The highest BCUT2D eigenvalue weighted by Crippen LogP contribution is 2.27. The highest BCUT2D eigenvalue weighted by molar-refractivity contribution is 6.19. The van der Waals surface area contributed by atoms with Crippen LogP contribution in [0.3, 0.4) is 0 Å². The van der Waals surface area contributed by atoms with Gasteiger partial charge in [-0.1, -0.05) is 6.92 Å². The fraction of sp³-hybridized carbons (Fsp3) is 0.667. The van der Waals surface area contributed by atoms with Gasteiger partial charge in [-0.05, 0) is 19.4 Å². The fourth-order valence-electron chi connectivity index (χ4n) is 1.84. The predicted octanol–water partition coefficient (Wildman–Crippen LogP) is 3.69. The van der Waals surface area contributed by atoms with Gasteiger partial charge in [-0.3, -0.25) is 0 Å². The molecule has 0 atom stereocenters. The minimum atomic E-state index is -4.32. The molecule has 1 aliphatic heterocycles. The van der Waals surface area contributed by atoms with E-state index in [0.717, 1.165) is 18.7 Å². The summed E-state index contributed by atoms with van der Waals surface area (Å²) in [4.78, 5) is 2.06. The second-order valence-corrected chi connectivity index (χ2v) is 4.39. The molecule has 1 aliphatic rings. The molecule has 0 unspecified atom stereocenters. The minimum Gasteiger partial charge on any atom is -0.484 e. The van der Waals surface area contributed by atoms with Gasteiger partial charge >= 0.3 is 6.18 Å². The monoisotopic (exact) mass is 283 g/mol. The van der Waals surface area contributed by atoms with Crippen LogP contribution in [0.1, 0.15) is 20.3 Å². The Kier molecular flexibility index (Phi) is 5.38. The zero-order valence-electron chi connectivity index (χ0n) is 10.5. The van der Waals surface area contributed by atoms with Crippen LogP contribution in [0, 0.1) is 0 Å². The first-order chi connectivity index (χ1) is 8.39. The number of alkyl halides is 4. The summed E-state index contributed by atoms with van der Waals surface area (Å²) in [5.41, 5.74) is 1.53. The normalized spacial score (nSPS) is 17.0. The Morgan fingerprint density at radius 3 is 2.61 bits per heavy atom. The summed E-state index contributed by atoms with van der Waals surface area (Å²) in [6, 6.07) is 0. The molecule has 1 heterocycles. The molecule has 6 heteroatoms. The van der Waals surface area contributed by atoms with Crippen LogP contribution in [0.15, 0.2) is 23.1 Å². The summed E-state index contributed by atoms with van der Waals surface area (Å²) in [7, 11) is 0. The van der Waals surface area contributed by atoms with Gasteiger partial charge in [-0.15, -0.1) is 11.6 Å². The third-order valence-corrected chi connectivity index (χ3v) is 2.95. The first kappa shape index (κ1) is 15.2. The molecule has 0 fully saturated rings. The number of ether oxygens (including phenoxy) is 1. The maximum Gasteiger partial charge on any atom is 0.422 e. The summed E-state index contributed by atoms with van der Waals surface area (Å²) in [6.45, 7) is 3.89. The standard InChI is InChI=1S/C12H17ClF3NO/c1-3-5-17-6-4-11(9(2)10(17)7-13)18-8-12(14,15)16/h4H,3,5-8H2,1-2H3. The van der Waals surface area contributed by atoms with E-state index < -0.39 is 12.8 Å².